The number of hydrogen-bond donors (Lipinski definition) is 0. The van der Waals surface area contributed by atoms with Gasteiger partial charge in [0.2, 0.25) is 6.71 Å². The van der Waals surface area contributed by atoms with Gasteiger partial charge in [-0.2, -0.15) is 0 Å². The van der Waals surface area contributed by atoms with E-state index in [1.807, 2.05) is 30.3 Å². The van der Waals surface area contributed by atoms with Crippen molar-refractivity contribution < 1.29 is 9.59 Å². The standard InChI is InChI=1S/C42H40BNO2/c1-8-9-21-44-41(45)36-12-10-11-35-33(17-20-37(38(35)36)42(44)46)16-13-32-14-18-34(19-15-32)43(39-28(4)22-26(2)23-29(39)5)40-30(6)24-27(3)25-31(40)7/h10-12,14-15,17-20,22-25H,8-9,21H2,1-7H3. The van der Waals surface area contributed by atoms with Gasteiger partial charge in [0.25, 0.3) is 11.8 Å². The van der Waals surface area contributed by atoms with Gasteiger partial charge in [-0.25, -0.2) is 0 Å². The second-order valence-electron chi connectivity index (χ2n) is 12.9. The minimum Gasteiger partial charge on any atom is -0.274 e. The van der Waals surface area contributed by atoms with Crippen LogP contribution in [-0.4, -0.2) is 30.0 Å². The van der Waals surface area contributed by atoms with Gasteiger partial charge < -0.3 is 0 Å². The Labute approximate surface area is 273 Å². The lowest BCUT2D eigenvalue weighted by Crippen LogP contribution is -2.55. The van der Waals surface area contributed by atoms with E-state index in [2.05, 4.69) is 109 Å². The van der Waals surface area contributed by atoms with Crippen LogP contribution in [0.4, 0.5) is 0 Å². The van der Waals surface area contributed by atoms with E-state index < -0.39 is 0 Å². The first kappa shape index (κ1) is 31.1. The molecule has 0 saturated carbocycles. The zero-order chi connectivity index (χ0) is 32.7. The minimum atomic E-state index is -0.218. The molecular formula is C42H40BNO2. The SMILES string of the molecule is CCCCN1C(=O)c2cccc3c(C#Cc4ccc(B(c5c(C)cc(C)cc5C)c5c(C)cc(C)cc5C)cc4)ccc(c23)C1=O. The molecule has 0 bridgehead atoms. The normalized spacial score (nSPS) is 12.4. The molecule has 0 unspecified atom stereocenters. The average molecular weight is 602 g/mol. The highest BCUT2D eigenvalue weighted by molar-refractivity contribution is 6.96. The summed E-state index contributed by atoms with van der Waals surface area (Å²) in [5.74, 6) is 6.28. The van der Waals surface area contributed by atoms with Crippen LogP contribution in [0.15, 0.2) is 78.9 Å². The Hall–Kier alpha value is -4.88. The lowest BCUT2D eigenvalue weighted by molar-refractivity contribution is 0.0608. The number of nitrogens with zero attached hydrogens (tertiary/aromatic N) is 1. The molecule has 0 aliphatic carbocycles. The number of rotatable bonds is 6. The second-order valence-corrected chi connectivity index (χ2v) is 12.9. The monoisotopic (exact) mass is 601 g/mol. The second kappa shape index (κ2) is 12.5. The highest BCUT2D eigenvalue weighted by Gasteiger charge is 2.33. The van der Waals surface area contributed by atoms with E-state index in [0.29, 0.717) is 23.1 Å². The molecule has 0 spiro atoms. The highest BCUT2D eigenvalue weighted by atomic mass is 16.2. The molecule has 4 heteroatoms. The van der Waals surface area contributed by atoms with Crippen molar-refractivity contribution in [1.82, 2.24) is 4.90 Å². The molecule has 1 aliphatic rings. The van der Waals surface area contributed by atoms with Crippen molar-refractivity contribution in [3.8, 4) is 11.8 Å². The maximum atomic E-state index is 13.3. The van der Waals surface area contributed by atoms with Crippen molar-refractivity contribution in [3.05, 3.63) is 134 Å². The zero-order valence-corrected chi connectivity index (χ0v) is 28.0. The summed E-state index contributed by atoms with van der Waals surface area (Å²) < 4.78 is 0. The Morgan fingerprint density at radius 1 is 0.652 bits per heavy atom. The quantitative estimate of drug-likeness (QED) is 0.119. The summed E-state index contributed by atoms with van der Waals surface area (Å²) in [4.78, 5) is 28.0. The van der Waals surface area contributed by atoms with Crippen molar-refractivity contribution in [1.29, 1.82) is 0 Å². The predicted octanol–water partition coefficient (Wildman–Crippen LogP) is 7.00. The molecule has 228 valence electrons. The predicted molar refractivity (Wildman–Crippen MR) is 193 cm³/mol. The van der Waals surface area contributed by atoms with Gasteiger partial charge in [0, 0.05) is 34.2 Å². The van der Waals surface area contributed by atoms with E-state index in [-0.39, 0.29) is 18.5 Å². The van der Waals surface area contributed by atoms with Crippen molar-refractivity contribution >= 4 is 45.7 Å². The molecule has 0 fully saturated rings. The van der Waals surface area contributed by atoms with Crippen LogP contribution in [-0.2, 0) is 0 Å². The third-order valence-corrected chi connectivity index (χ3v) is 9.37. The summed E-state index contributed by atoms with van der Waals surface area (Å²) >= 11 is 0. The van der Waals surface area contributed by atoms with Crippen LogP contribution in [0.2, 0.25) is 0 Å². The highest BCUT2D eigenvalue weighted by Crippen LogP contribution is 2.32. The van der Waals surface area contributed by atoms with Gasteiger partial charge >= 0.3 is 0 Å². The van der Waals surface area contributed by atoms with Gasteiger partial charge in [-0.15, -0.1) is 0 Å². The number of amides is 2. The molecule has 46 heavy (non-hydrogen) atoms. The summed E-state index contributed by atoms with van der Waals surface area (Å²) in [5.41, 5.74) is 14.6. The van der Waals surface area contributed by atoms with E-state index in [9.17, 15) is 9.59 Å². The number of aryl methyl sites for hydroxylation is 6. The van der Waals surface area contributed by atoms with Crippen LogP contribution < -0.4 is 16.4 Å². The number of hydrogen-bond acceptors (Lipinski definition) is 2. The van der Waals surface area contributed by atoms with Gasteiger partial charge in [0.1, 0.15) is 0 Å². The van der Waals surface area contributed by atoms with Crippen LogP contribution in [0, 0.1) is 53.4 Å². The van der Waals surface area contributed by atoms with Crippen molar-refractivity contribution in [3.63, 3.8) is 0 Å². The van der Waals surface area contributed by atoms with Crippen molar-refractivity contribution in [2.75, 3.05) is 6.54 Å². The van der Waals surface area contributed by atoms with Crippen LogP contribution in [0.1, 0.15) is 85.0 Å². The maximum Gasteiger partial charge on any atom is 0.261 e. The topological polar surface area (TPSA) is 37.4 Å². The Kier molecular flexibility index (Phi) is 8.45. The van der Waals surface area contributed by atoms with E-state index in [1.54, 1.807) is 0 Å². The third-order valence-electron chi connectivity index (χ3n) is 9.37. The molecule has 1 aliphatic heterocycles. The van der Waals surface area contributed by atoms with Gasteiger partial charge in [-0.1, -0.05) is 123 Å². The molecule has 0 N–H and O–H groups in total. The van der Waals surface area contributed by atoms with Gasteiger partial charge in [0.15, 0.2) is 0 Å². The number of imide groups is 1. The average Bonchev–Trinajstić information content (AvgIpc) is 3.01. The summed E-state index contributed by atoms with van der Waals surface area (Å²) in [5, 5.41) is 1.55. The molecule has 2 amide bonds. The first-order chi connectivity index (χ1) is 22.1. The zero-order valence-electron chi connectivity index (χ0n) is 28.0. The summed E-state index contributed by atoms with van der Waals surface area (Å²) in [6.45, 7) is 15.8. The van der Waals surface area contributed by atoms with E-state index in [4.69, 9.17) is 0 Å². The summed E-state index contributed by atoms with van der Waals surface area (Å²) in [6.07, 6.45) is 1.71. The van der Waals surface area contributed by atoms with Gasteiger partial charge in [-0.3, -0.25) is 14.5 Å². The Balaban J connectivity index is 1.39. The van der Waals surface area contributed by atoms with Crippen LogP contribution >= 0.6 is 0 Å². The molecule has 1 heterocycles. The first-order valence-corrected chi connectivity index (χ1v) is 16.3. The number of unbranched alkanes of at least 4 members (excludes halogenated alkanes) is 1. The smallest absolute Gasteiger partial charge is 0.261 e. The summed E-state index contributed by atoms with van der Waals surface area (Å²) in [7, 11) is 0. The van der Waals surface area contributed by atoms with Gasteiger partial charge in [-0.05, 0) is 83.7 Å². The molecule has 0 aromatic heterocycles. The lowest BCUT2D eigenvalue weighted by atomic mass is 9.34. The number of benzene rings is 5. The van der Waals surface area contributed by atoms with Crippen molar-refractivity contribution in [2.24, 2.45) is 0 Å². The third kappa shape index (κ3) is 5.56. The van der Waals surface area contributed by atoms with Crippen molar-refractivity contribution in [2.45, 2.75) is 61.3 Å². The molecule has 3 nitrogen and oxygen atoms in total. The van der Waals surface area contributed by atoms with Crippen LogP contribution in [0.25, 0.3) is 10.8 Å². The molecule has 0 saturated heterocycles. The van der Waals surface area contributed by atoms with E-state index in [1.165, 1.54) is 54.7 Å². The first-order valence-electron chi connectivity index (χ1n) is 16.3. The molecule has 0 radical (unpaired) electrons. The molecule has 0 atom stereocenters. The fraction of sp³-hybridized carbons (Fsp3) is 0.238. The largest absolute Gasteiger partial charge is 0.274 e. The summed E-state index contributed by atoms with van der Waals surface area (Å²) in [6, 6.07) is 27.2. The fourth-order valence-corrected chi connectivity index (χ4v) is 7.44. The Morgan fingerprint density at radius 3 is 1.74 bits per heavy atom. The van der Waals surface area contributed by atoms with Crippen LogP contribution in [0.5, 0.6) is 0 Å². The van der Waals surface area contributed by atoms with E-state index in [0.717, 1.165) is 29.4 Å². The van der Waals surface area contributed by atoms with Crippen LogP contribution in [0.3, 0.4) is 0 Å². The number of carbonyl (C=O) groups is 2. The lowest BCUT2D eigenvalue weighted by Gasteiger charge is -2.27. The molecular weight excluding hydrogens is 561 g/mol. The molecule has 5 aromatic rings. The Bertz CT molecular complexity index is 1970. The molecule has 5 aromatic carbocycles. The fourth-order valence-electron chi connectivity index (χ4n) is 7.44. The van der Waals surface area contributed by atoms with Gasteiger partial charge in [0.05, 0.1) is 0 Å². The number of carbonyl (C=O) groups excluding carboxylic acids is 2. The Morgan fingerprint density at radius 2 is 1.20 bits per heavy atom. The van der Waals surface area contributed by atoms with E-state index >= 15 is 0 Å². The maximum absolute atomic E-state index is 13.3. The minimum absolute atomic E-state index is 0.107. The molecule has 6 rings (SSSR count).